The largest absolute Gasteiger partial charge is 0.324 e. The summed E-state index contributed by atoms with van der Waals surface area (Å²) in [6.45, 7) is 1.88. The minimum atomic E-state index is -0.184. The van der Waals surface area contributed by atoms with E-state index in [9.17, 15) is 4.79 Å². The molecule has 0 saturated heterocycles. The van der Waals surface area contributed by atoms with E-state index in [1.807, 2.05) is 31.2 Å². The average molecular weight is 241 g/mol. The van der Waals surface area contributed by atoms with Crippen molar-refractivity contribution < 1.29 is 4.79 Å². The van der Waals surface area contributed by atoms with Crippen molar-refractivity contribution in [2.45, 2.75) is 13.0 Å². The summed E-state index contributed by atoms with van der Waals surface area (Å²) in [6.07, 6.45) is 3.16. The molecule has 0 saturated carbocycles. The van der Waals surface area contributed by atoms with Crippen LogP contribution < -0.4 is 11.1 Å². The monoisotopic (exact) mass is 241 g/mol. The third kappa shape index (κ3) is 2.73. The van der Waals surface area contributed by atoms with E-state index in [2.05, 4.69) is 10.3 Å². The zero-order valence-electron chi connectivity index (χ0n) is 10.1. The highest BCUT2D eigenvalue weighted by atomic mass is 16.1. The number of benzene rings is 1. The van der Waals surface area contributed by atoms with Crippen LogP contribution in [0.15, 0.2) is 48.8 Å². The van der Waals surface area contributed by atoms with Crippen LogP contribution in [-0.4, -0.2) is 10.9 Å². The number of hydrogen-bond acceptors (Lipinski definition) is 3. The molecular weight excluding hydrogens is 226 g/mol. The summed E-state index contributed by atoms with van der Waals surface area (Å²) in [6, 6.07) is 10.8. The number of pyridine rings is 1. The Hall–Kier alpha value is -2.20. The lowest BCUT2D eigenvalue weighted by Gasteiger charge is -2.13. The van der Waals surface area contributed by atoms with Crippen molar-refractivity contribution in [1.29, 1.82) is 0 Å². The van der Waals surface area contributed by atoms with E-state index in [1.165, 1.54) is 6.20 Å². The molecule has 1 unspecified atom stereocenters. The van der Waals surface area contributed by atoms with Gasteiger partial charge in [-0.15, -0.1) is 0 Å². The average Bonchev–Trinajstić information content (AvgIpc) is 2.40. The fraction of sp³-hybridized carbons (Fsp3) is 0.143. The van der Waals surface area contributed by atoms with E-state index in [4.69, 9.17) is 5.73 Å². The molecule has 0 radical (unpaired) electrons. The molecule has 4 nitrogen and oxygen atoms in total. The molecular formula is C14H15N3O. The molecule has 92 valence electrons. The third-order valence-corrected chi connectivity index (χ3v) is 2.62. The molecule has 0 aliphatic heterocycles. The van der Waals surface area contributed by atoms with E-state index < -0.39 is 0 Å². The van der Waals surface area contributed by atoms with Crippen molar-refractivity contribution >= 4 is 11.6 Å². The second kappa shape index (κ2) is 5.42. The van der Waals surface area contributed by atoms with Crippen molar-refractivity contribution in [3.05, 3.63) is 59.9 Å². The van der Waals surface area contributed by atoms with Crippen LogP contribution >= 0.6 is 0 Å². The van der Waals surface area contributed by atoms with Gasteiger partial charge >= 0.3 is 0 Å². The van der Waals surface area contributed by atoms with Crippen molar-refractivity contribution in [3.63, 3.8) is 0 Å². The number of nitrogens with zero attached hydrogens (tertiary/aromatic N) is 1. The van der Waals surface area contributed by atoms with Crippen LogP contribution in [0.1, 0.15) is 28.9 Å². The van der Waals surface area contributed by atoms with E-state index >= 15 is 0 Å². The molecule has 1 aromatic heterocycles. The molecule has 0 fully saturated rings. The molecule has 1 atom stereocenters. The van der Waals surface area contributed by atoms with Gasteiger partial charge in [-0.2, -0.15) is 0 Å². The topological polar surface area (TPSA) is 68.0 Å². The molecule has 3 N–H and O–H groups in total. The van der Waals surface area contributed by atoms with Gasteiger partial charge in [-0.25, -0.2) is 0 Å². The first-order valence-corrected chi connectivity index (χ1v) is 5.74. The smallest absolute Gasteiger partial charge is 0.257 e. The molecule has 0 spiro atoms. The Kier molecular flexibility index (Phi) is 3.69. The van der Waals surface area contributed by atoms with E-state index in [0.717, 1.165) is 11.3 Å². The number of nitrogens with one attached hydrogen (secondary N) is 1. The summed E-state index contributed by atoms with van der Waals surface area (Å²) in [5.41, 5.74) is 8.04. The van der Waals surface area contributed by atoms with Crippen molar-refractivity contribution in [2.24, 2.45) is 5.73 Å². The summed E-state index contributed by atoms with van der Waals surface area (Å²) < 4.78 is 0. The minimum Gasteiger partial charge on any atom is -0.324 e. The van der Waals surface area contributed by atoms with Crippen LogP contribution in [0.2, 0.25) is 0 Å². The van der Waals surface area contributed by atoms with Gasteiger partial charge in [0.2, 0.25) is 0 Å². The van der Waals surface area contributed by atoms with Crippen LogP contribution in [0, 0.1) is 0 Å². The predicted octanol–water partition coefficient (Wildman–Crippen LogP) is 2.35. The fourth-order valence-electron chi connectivity index (χ4n) is 1.70. The highest BCUT2D eigenvalue weighted by Crippen LogP contribution is 2.21. The highest BCUT2D eigenvalue weighted by Gasteiger charge is 2.10. The first-order chi connectivity index (χ1) is 8.68. The van der Waals surface area contributed by atoms with Crippen LogP contribution in [0.3, 0.4) is 0 Å². The van der Waals surface area contributed by atoms with Crippen LogP contribution in [0.25, 0.3) is 0 Å². The van der Waals surface area contributed by atoms with E-state index in [0.29, 0.717) is 5.56 Å². The summed E-state index contributed by atoms with van der Waals surface area (Å²) >= 11 is 0. The highest BCUT2D eigenvalue weighted by molar-refractivity contribution is 6.04. The molecule has 1 amide bonds. The van der Waals surface area contributed by atoms with Gasteiger partial charge in [0, 0.05) is 24.1 Å². The lowest BCUT2D eigenvalue weighted by Crippen LogP contribution is -2.15. The van der Waals surface area contributed by atoms with Gasteiger partial charge in [-0.05, 0) is 30.7 Å². The SMILES string of the molecule is CC(N)c1ccccc1NC(=O)c1cccnc1. The van der Waals surface area contributed by atoms with Crippen molar-refractivity contribution in [2.75, 3.05) is 5.32 Å². The van der Waals surface area contributed by atoms with Gasteiger partial charge in [0.1, 0.15) is 0 Å². The van der Waals surface area contributed by atoms with Gasteiger partial charge in [0.15, 0.2) is 0 Å². The maximum atomic E-state index is 12.0. The number of para-hydroxylation sites is 1. The van der Waals surface area contributed by atoms with Crippen LogP contribution in [0.5, 0.6) is 0 Å². The van der Waals surface area contributed by atoms with Crippen molar-refractivity contribution in [3.8, 4) is 0 Å². The molecule has 1 heterocycles. The number of rotatable bonds is 3. The molecule has 0 aliphatic carbocycles. The van der Waals surface area contributed by atoms with E-state index in [-0.39, 0.29) is 11.9 Å². The second-order valence-corrected chi connectivity index (χ2v) is 4.07. The van der Waals surface area contributed by atoms with Gasteiger partial charge in [-0.1, -0.05) is 18.2 Å². The van der Waals surface area contributed by atoms with E-state index in [1.54, 1.807) is 18.3 Å². The van der Waals surface area contributed by atoms with Crippen molar-refractivity contribution in [1.82, 2.24) is 4.98 Å². The first kappa shape index (κ1) is 12.3. The third-order valence-electron chi connectivity index (χ3n) is 2.62. The maximum Gasteiger partial charge on any atom is 0.257 e. The van der Waals surface area contributed by atoms with Crippen LogP contribution in [-0.2, 0) is 0 Å². The standard InChI is InChI=1S/C14H15N3O/c1-10(15)12-6-2-3-7-13(12)17-14(18)11-5-4-8-16-9-11/h2-10H,15H2,1H3,(H,17,18). The van der Waals surface area contributed by atoms with Gasteiger partial charge in [-0.3, -0.25) is 9.78 Å². The molecule has 2 rings (SSSR count). The Labute approximate surface area is 106 Å². The van der Waals surface area contributed by atoms with Gasteiger partial charge in [0.05, 0.1) is 5.56 Å². The van der Waals surface area contributed by atoms with Gasteiger partial charge < -0.3 is 11.1 Å². The van der Waals surface area contributed by atoms with Gasteiger partial charge in [0.25, 0.3) is 5.91 Å². The molecule has 4 heteroatoms. The summed E-state index contributed by atoms with van der Waals surface area (Å²) in [5, 5.41) is 2.85. The molecule has 1 aromatic carbocycles. The molecule has 0 bridgehead atoms. The Balaban J connectivity index is 2.22. The maximum absolute atomic E-state index is 12.0. The lowest BCUT2D eigenvalue weighted by molar-refractivity contribution is 0.102. The Morgan fingerprint density at radius 1 is 1.28 bits per heavy atom. The molecule has 2 aromatic rings. The number of nitrogens with two attached hydrogens (primary N) is 1. The number of aromatic nitrogens is 1. The number of carbonyl (C=O) groups is 1. The first-order valence-electron chi connectivity index (χ1n) is 5.74. The Morgan fingerprint density at radius 3 is 2.72 bits per heavy atom. The number of anilines is 1. The zero-order chi connectivity index (χ0) is 13.0. The summed E-state index contributed by atoms with van der Waals surface area (Å²) in [7, 11) is 0. The second-order valence-electron chi connectivity index (χ2n) is 4.07. The number of carbonyl (C=O) groups excluding carboxylic acids is 1. The molecule has 18 heavy (non-hydrogen) atoms. The van der Waals surface area contributed by atoms with Crippen LogP contribution in [0.4, 0.5) is 5.69 Å². The minimum absolute atomic E-state index is 0.129. The fourth-order valence-corrected chi connectivity index (χ4v) is 1.70. The predicted molar refractivity (Wildman–Crippen MR) is 71.2 cm³/mol. The normalized spacial score (nSPS) is 11.9. The molecule has 0 aliphatic rings. The zero-order valence-corrected chi connectivity index (χ0v) is 10.1. The number of hydrogen-bond donors (Lipinski definition) is 2. The Morgan fingerprint density at radius 2 is 2.06 bits per heavy atom. The number of amides is 1. The lowest BCUT2D eigenvalue weighted by atomic mass is 10.1. The Bertz CT molecular complexity index is 538. The summed E-state index contributed by atoms with van der Waals surface area (Å²) in [5.74, 6) is -0.184. The summed E-state index contributed by atoms with van der Waals surface area (Å²) in [4.78, 5) is 15.9. The quantitative estimate of drug-likeness (QED) is 0.866.